The fraction of sp³-hybridized carbons (Fsp3) is 0.615. The number of nitrogens with one attached hydrogen (secondary N) is 1. The molecular weight excluding hydrogens is 278 g/mol. The minimum absolute atomic E-state index is 0.177. The zero-order valence-corrected chi connectivity index (χ0v) is 12.1. The Hall–Kier alpha value is -0.770. The predicted octanol–water partition coefficient (Wildman–Crippen LogP) is 3.87. The number of nitrogens with zero attached hydrogens (tertiary/aromatic N) is 1. The van der Waals surface area contributed by atoms with Crippen LogP contribution in [0.3, 0.4) is 0 Å². The van der Waals surface area contributed by atoms with E-state index in [1.807, 2.05) is 6.92 Å². The molecule has 1 saturated carbocycles. The summed E-state index contributed by atoms with van der Waals surface area (Å²) >= 11 is 3.58. The molecule has 0 bridgehead atoms. The SMILES string of the molecule is Cc1c(N)cnc(NC2(C)CCCCC2)c1Br. The van der Waals surface area contributed by atoms with Crippen LogP contribution >= 0.6 is 15.9 Å². The molecule has 1 aliphatic rings. The fourth-order valence-electron chi connectivity index (χ4n) is 2.42. The summed E-state index contributed by atoms with van der Waals surface area (Å²) in [7, 11) is 0. The second-order valence-corrected chi connectivity index (χ2v) is 6.04. The highest BCUT2D eigenvalue weighted by molar-refractivity contribution is 9.10. The molecule has 0 radical (unpaired) electrons. The average molecular weight is 298 g/mol. The summed E-state index contributed by atoms with van der Waals surface area (Å²) in [5, 5.41) is 3.58. The van der Waals surface area contributed by atoms with Crippen molar-refractivity contribution in [1.82, 2.24) is 4.98 Å². The third-order valence-corrected chi connectivity index (χ3v) is 4.65. The van der Waals surface area contributed by atoms with Gasteiger partial charge in [-0.1, -0.05) is 19.3 Å². The largest absolute Gasteiger partial charge is 0.397 e. The first-order valence-corrected chi connectivity index (χ1v) is 7.00. The molecule has 17 heavy (non-hydrogen) atoms. The van der Waals surface area contributed by atoms with Crippen LogP contribution in [0.4, 0.5) is 11.5 Å². The number of aromatic nitrogens is 1. The molecule has 1 aliphatic carbocycles. The predicted molar refractivity (Wildman–Crippen MR) is 76.2 cm³/mol. The quantitative estimate of drug-likeness (QED) is 0.871. The Balaban J connectivity index is 2.21. The van der Waals surface area contributed by atoms with Crippen molar-refractivity contribution in [2.75, 3.05) is 11.1 Å². The molecule has 0 aromatic carbocycles. The van der Waals surface area contributed by atoms with Crippen LogP contribution in [0.1, 0.15) is 44.6 Å². The van der Waals surface area contributed by atoms with Gasteiger partial charge in [-0.3, -0.25) is 0 Å². The van der Waals surface area contributed by atoms with Crippen LogP contribution in [-0.2, 0) is 0 Å². The Morgan fingerprint density at radius 2 is 2.00 bits per heavy atom. The lowest BCUT2D eigenvalue weighted by atomic mass is 9.83. The summed E-state index contributed by atoms with van der Waals surface area (Å²) in [6.45, 7) is 4.29. The van der Waals surface area contributed by atoms with Gasteiger partial charge in [0.25, 0.3) is 0 Å². The molecule has 1 aromatic rings. The van der Waals surface area contributed by atoms with Gasteiger partial charge in [-0.05, 0) is 48.2 Å². The number of hydrogen-bond donors (Lipinski definition) is 2. The number of anilines is 2. The third kappa shape index (κ3) is 2.73. The molecule has 0 saturated heterocycles. The van der Waals surface area contributed by atoms with E-state index in [9.17, 15) is 0 Å². The number of nitrogens with two attached hydrogens (primary N) is 1. The van der Waals surface area contributed by atoms with E-state index in [1.165, 1.54) is 32.1 Å². The highest BCUT2D eigenvalue weighted by atomic mass is 79.9. The lowest BCUT2D eigenvalue weighted by molar-refractivity contribution is 0.348. The van der Waals surface area contributed by atoms with Gasteiger partial charge in [0.1, 0.15) is 5.82 Å². The first kappa shape index (κ1) is 12.7. The summed E-state index contributed by atoms with van der Waals surface area (Å²) in [5.41, 5.74) is 7.80. The maximum absolute atomic E-state index is 5.84. The van der Waals surface area contributed by atoms with Crippen LogP contribution in [0.2, 0.25) is 0 Å². The topological polar surface area (TPSA) is 50.9 Å². The maximum atomic E-state index is 5.84. The van der Waals surface area contributed by atoms with Crippen molar-refractivity contribution in [3.05, 3.63) is 16.2 Å². The van der Waals surface area contributed by atoms with Crippen LogP contribution in [0.25, 0.3) is 0 Å². The van der Waals surface area contributed by atoms with E-state index in [2.05, 4.69) is 33.2 Å². The molecular formula is C13H20BrN3. The molecule has 0 atom stereocenters. The van der Waals surface area contributed by atoms with Gasteiger partial charge in [-0.2, -0.15) is 0 Å². The van der Waals surface area contributed by atoms with Crippen molar-refractivity contribution < 1.29 is 0 Å². The molecule has 94 valence electrons. The zero-order valence-electron chi connectivity index (χ0n) is 10.5. The van der Waals surface area contributed by atoms with Gasteiger partial charge in [-0.15, -0.1) is 0 Å². The first-order chi connectivity index (χ1) is 8.02. The van der Waals surface area contributed by atoms with Crippen molar-refractivity contribution in [3.8, 4) is 0 Å². The van der Waals surface area contributed by atoms with Gasteiger partial charge in [0.15, 0.2) is 0 Å². The molecule has 0 spiro atoms. The van der Waals surface area contributed by atoms with Crippen LogP contribution in [-0.4, -0.2) is 10.5 Å². The summed E-state index contributed by atoms with van der Waals surface area (Å²) in [6.07, 6.45) is 8.11. The molecule has 3 nitrogen and oxygen atoms in total. The minimum Gasteiger partial charge on any atom is -0.397 e. The summed E-state index contributed by atoms with van der Waals surface area (Å²) in [6, 6.07) is 0. The van der Waals surface area contributed by atoms with Crippen molar-refractivity contribution in [3.63, 3.8) is 0 Å². The van der Waals surface area contributed by atoms with E-state index in [1.54, 1.807) is 6.20 Å². The normalized spacial score (nSPS) is 19.0. The van der Waals surface area contributed by atoms with Crippen LogP contribution in [0.15, 0.2) is 10.7 Å². The zero-order chi connectivity index (χ0) is 12.5. The summed E-state index contributed by atoms with van der Waals surface area (Å²) < 4.78 is 0.990. The summed E-state index contributed by atoms with van der Waals surface area (Å²) in [5.74, 6) is 0.918. The minimum atomic E-state index is 0.177. The molecule has 1 fully saturated rings. The van der Waals surface area contributed by atoms with Gasteiger partial charge >= 0.3 is 0 Å². The van der Waals surface area contributed by atoms with E-state index in [0.29, 0.717) is 0 Å². The van der Waals surface area contributed by atoms with Gasteiger partial charge in [-0.25, -0.2) is 4.98 Å². The standard InChI is InChI=1S/C13H20BrN3/c1-9-10(15)8-16-12(11(9)14)17-13(2)6-4-3-5-7-13/h8H,3-7,15H2,1-2H3,(H,16,17). The molecule has 1 aromatic heterocycles. The van der Waals surface area contributed by atoms with E-state index in [0.717, 1.165) is 21.5 Å². The number of halogens is 1. The molecule has 0 amide bonds. The number of nitrogen functional groups attached to an aromatic ring is 1. The first-order valence-electron chi connectivity index (χ1n) is 6.21. The average Bonchev–Trinajstić information content (AvgIpc) is 2.31. The van der Waals surface area contributed by atoms with Gasteiger partial charge in [0.2, 0.25) is 0 Å². The third-order valence-electron chi connectivity index (χ3n) is 3.68. The van der Waals surface area contributed by atoms with Crippen LogP contribution in [0, 0.1) is 6.92 Å². The van der Waals surface area contributed by atoms with E-state index >= 15 is 0 Å². The second-order valence-electron chi connectivity index (χ2n) is 5.25. The number of pyridine rings is 1. The Labute approximate surface area is 111 Å². The highest BCUT2D eigenvalue weighted by Gasteiger charge is 2.27. The van der Waals surface area contributed by atoms with Gasteiger partial charge in [0.05, 0.1) is 16.4 Å². The van der Waals surface area contributed by atoms with Crippen molar-refractivity contribution in [2.45, 2.75) is 51.5 Å². The molecule has 3 N–H and O–H groups in total. The Morgan fingerprint density at radius 3 is 2.65 bits per heavy atom. The van der Waals surface area contributed by atoms with Gasteiger partial charge in [0, 0.05) is 5.54 Å². The number of rotatable bonds is 2. The second kappa shape index (κ2) is 4.84. The van der Waals surface area contributed by atoms with Crippen LogP contribution in [0.5, 0.6) is 0 Å². The monoisotopic (exact) mass is 297 g/mol. The van der Waals surface area contributed by atoms with Crippen molar-refractivity contribution in [2.24, 2.45) is 0 Å². The lowest BCUT2D eigenvalue weighted by Crippen LogP contribution is -2.37. The van der Waals surface area contributed by atoms with E-state index in [-0.39, 0.29) is 5.54 Å². The lowest BCUT2D eigenvalue weighted by Gasteiger charge is -2.35. The molecule has 1 heterocycles. The number of hydrogen-bond acceptors (Lipinski definition) is 3. The maximum Gasteiger partial charge on any atom is 0.141 e. The van der Waals surface area contributed by atoms with Crippen molar-refractivity contribution >= 4 is 27.4 Å². The summed E-state index contributed by atoms with van der Waals surface area (Å²) in [4.78, 5) is 4.39. The Kier molecular flexibility index (Phi) is 3.61. The van der Waals surface area contributed by atoms with Crippen molar-refractivity contribution in [1.29, 1.82) is 0 Å². The molecule has 0 unspecified atom stereocenters. The Bertz CT molecular complexity index is 411. The molecule has 2 rings (SSSR count). The smallest absolute Gasteiger partial charge is 0.141 e. The Morgan fingerprint density at radius 1 is 1.35 bits per heavy atom. The van der Waals surface area contributed by atoms with Crippen LogP contribution < -0.4 is 11.1 Å². The highest BCUT2D eigenvalue weighted by Crippen LogP contribution is 2.34. The fourth-order valence-corrected chi connectivity index (χ4v) is 2.85. The van der Waals surface area contributed by atoms with E-state index in [4.69, 9.17) is 5.73 Å². The molecule has 4 heteroatoms. The van der Waals surface area contributed by atoms with E-state index < -0.39 is 0 Å². The molecule has 0 aliphatic heterocycles. The van der Waals surface area contributed by atoms with Gasteiger partial charge < -0.3 is 11.1 Å².